The normalized spacial score (nSPS) is 11.5. The van der Waals surface area contributed by atoms with Gasteiger partial charge in [0.15, 0.2) is 0 Å². The molecule has 0 atom stereocenters. The van der Waals surface area contributed by atoms with Crippen LogP contribution >= 0.6 is 0 Å². The lowest BCUT2D eigenvalue weighted by Gasteiger charge is -2.26. The van der Waals surface area contributed by atoms with Crippen LogP contribution in [-0.2, 0) is 0 Å². The molecule has 3 nitrogen and oxygen atoms in total. The molecule has 12 rings (SSSR count). The van der Waals surface area contributed by atoms with Crippen molar-refractivity contribution in [3.8, 4) is 50.2 Å². The van der Waals surface area contributed by atoms with Crippen LogP contribution in [0.4, 0.5) is 17.1 Å². The highest BCUT2D eigenvalue weighted by Crippen LogP contribution is 2.42. The molecule has 2 heterocycles. The van der Waals surface area contributed by atoms with Crippen LogP contribution in [0.5, 0.6) is 0 Å². The number of nitrogens with zero attached hydrogens (tertiary/aromatic N) is 2. The van der Waals surface area contributed by atoms with Crippen LogP contribution in [0, 0.1) is 0 Å². The third-order valence-electron chi connectivity index (χ3n) is 12.4. The van der Waals surface area contributed by atoms with Gasteiger partial charge in [-0.05, 0) is 136 Å². The highest BCUT2D eigenvalue weighted by molar-refractivity contribution is 6.12. The molecule has 0 fully saturated rings. The predicted octanol–water partition coefficient (Wildman–Crippen LogP) is 16.8. The van der Waals surface area contributed by atoms with Gasteiger partial charge in [0.2, 0.25) is 0 Å². The zero-order valence-electron chi connectivity index (χ0n) is 34.4. The Morgan fingerprint density at radius 1 is 0.270 bits per heavy atom. The first-order valence-corrected chi connectivity index (χ1v) is 21.5. The highest BCUT2D eigenvalue weighted by atomic mass is 16.3. The molecule has 0 radical (unpaired) electrons. The molecule has 63 heavy (non-hydrogen) atoms. The molecule has 0 amide bonds. The van der Waals surface area contributed by atoms with Gasteiger partial charge in [-0.15, -0.1) is 0 Å². The molecule has 0 aliphatic carbocycles. The number of hydrogen-bond acceptors (Lipinski definition) is 2. The zero-order valence-corrected chi connectivity index (χ0v) is 34.4. The topological polar surface area (TPSA) is 21.3 Å². The minimum absolute atomic E-state index is 0.889. The maximum atomic E-state index is 6.32. The number of fused-ring (bicyclic) bond motifs is 6. The fourth-order valence-corrected chi connectivity index (χ4v) is 9.27. The molecule has 0 saturated heterocycles. The Morgan fingerprint density at radius 2 is 0.619 bits per heavy atom. The molecule has 0 spiro atoms. The second-order valence-corrected chi connectivity index (χ2v) is 16.2. The van der Waals surface area contributed by atoms with E-state index in [9.17, 15) is 0 Å². The Morgan fingerprint density at radius 3 is 1.13 bits per heavy atom. The van der Waals surface area contributed by atoms with Gasteiger partial charge in [0.1, 0.15) is 11.2 Å². The van der Waals surface area contributed by atoms with Crippen molar-refractivity contribution in [2.45, 2.75) is 0 Å². The Labute approximate surface area is 366 Å². The van der Waals surface area contributed by atoms with Crippen LogP contribution in [-0.4, -0.2) is 4.57 Å². The van der Waals surface area contributed by atoms with Gasteiger partial charge in [0.25, 0.3) is 0 Å². The fourth-order valence-electron chi connectivity index (χ4n) is 9.27. The van der Waals surface area contributed by atoms with E-state index in [1.54, 1.807) is 0 Å². The summed E-state index contributed by atoms with van der Waals surface area (Å²) in [4.78, 5) is 2.38. The van der Waals surface area contributed by atoms with Crippen molar-refractivity contribution in [2.75, 3.05) is 4.90 Å². The van der Waals surface area contributed by atoms with Crippen LogP contribution < -0.4 is 4.90 Å². The molecule has 0 unspecified atom stereocenters. The molecule has 296 valence electrons. The lowest BCUT2D eigenvalue weighted by Crippen LogP contribution is -2.10. The molecular formula is C60H40N2O. The third-order valence-corrected chi connectivity index (χ3v) is 12.4. The smallest absolute Gasteiger partial charge is 0.135 e. The molecule has 0 saturated carbocycles. The average molecular weight is 805 g/mol. The fraction of sp³-hybridized carbons (Fsp3) is 0. The van der Waals surface area contributed by atoms with Gasteiger partial charge in [-0.1, -0.05) is 152 Å². The van der Waals surface area contributed by atoms with E-state index in [0.717, 1.165) is 61.3 Å². The van der Waals surface area contributed by atoms with Gasteiger partial charge in [0.05, 0.1) is 11.0 Å². The van der Waals surface area contributed by atoms with Crippen molar-refractivity contribution in [2.24, 2.45) is 0 Å². The SMILES string of the molecule is c1ccc(-c2ccc(N(c3ccc(-c4ccc5oc6ccc(-c7ccccc7)cc6c5c4)cc3)c3ccc4c(c3)c3cc(-c5ccccc5)ccc3n4-c3ccccc3)cc2)cc1. The zero-order chi connectivity index (χ0) is 41.7. The van der Waals surface area contributed by atoms with Crippen LogP contribution in [0.15, 0.2) is 247 Å². The van der Waals surface area contributed by atoms with Crippen molar-refractivity contribution in [3.05, 3.63) is 243 Å². The van der Waals surface area contributed by atoms with E-state index in [1.165, 1.54) is 49.7 Å². The number of anilines is 3. The molecule has 0 aliphatic heterocycles. The van der Waals surface area contributed by atoms with Gasteiger partial charge in [0, 0.05) is 44.3 Å². The highest BCUT2D eigenvalue weighted by Gasteiger charge is 2.19. The van der Waals surface area contributed by atoms with Crippen molar-refractivity contribution in [1.29, 1.82) is 0 Å². The van der Waals surface area contributed by atoms with Gasteiger partial charge >= 0.3 is 0 Å². The summed E-state index contributed by atoms with van der Waals surface area (Å²) < 4.78 is 8.71. The first-order chi connectivity index (χ1) is 31.2. The number of hydrogen-bond donors (Lipinski definition) is 0. The van der Waals surface area contributed by atoms with Crippen LogP contribution in [0.2, 0.25) is 0 Å². The quantitative estimate of drug-likeness (QED) is 0.153. The maximum absolute atomic E-state index is 6.32. The summed E-state index contributed by atoms with van der Waals surface area (Å²) in [6, 6.07) is 87.2. The number of rotatable bonds is 8. The van der Waals surface area contributed by atoms with E-state index in [0.29, 0.717) is 0 Å². The lowest BCUT2D eigenvalue weighted by molar-refractivity contribution is 0.669. The van der Waals surface area contributed by atoms with Crippen LogP contribution in [0.1, 0.15) is 0 Å². The van der Waals surface area contributed by atoms with E-state index in [2.05, 4.69) is 252 Å². The Hall–Kier alpha value is -8.40. The van der Waals surface area contributed by atoms with Crippen LogP contribution in [0.25, 0.3) is 93.9 Å². The summed E-state index contributed by atoms with van der Waals surface area (Å²) in [6.07, 6.45) is 0. The summed E-state index contributed by atoms with van der Waals surface area (Å²) in [5.41, 5.74) is 17.9. The average Bonchev–Trinajstić information content (AvgIpc) is 3.90. The lowest BCUT2D eigenvalue weighted by atomic mass is 10.00. The van der Waals surface area contributed by atoms with E-state index >= 15 is 0 Å². The molecular weight excluding hydrogens is 765 g/mol. The maximum Gasteiger partial charge on any atom is 0.135 e. The summed E-state index contributed by atoms with van der Waals surface area (Å²) in [7, 11) is 0. The minimum atomic E-state index is 0.889. The second-order valence-electron chi connectivity index (χ2n) is 16.2. The second kappa shape index (κ2) is 15.3. The minimum Gasteiger partial charge on any atom is -0.456 e. The Kier molecular flexibility index (Phi) is 8.83. The Balaban J connectivity index is 0.989. The largest absolute Gasteiger partial charge is 0.456 e. The molecule has 0 N–H and O–H groups in total. The molecule has 3 heteroatoms. The van der Waals surface area contributed by atoms with Crippen molar-refractivity contribution in [1.82, 2.24) is 4.57 Å². The molecule has 10 aromatic carbocycles. The molecule has 0 bridgehead atoms. The summed E-state index contributed by atoms with van der Waals surface area (Å²) in [5, 5.41) is 4.64. The van der Waals surface area contributed by atoms with Gasteiger partial charge in [-0.2, -0.15) is 0 Å². The van der Waals surface area contributed by atoms with Gasteiger partial charge in [-0.3, -0.25) is 0 Å². The van der Waals surface area contributed by atoms with E-state index in [1.807, 2.05) is 0 Å². The molecule has 2 aromatic heterocycles. The number of furan rings is 1. The van der Waals surface area contributed by atoms with E-state index in [-0.39, 0.29) is 0 Å². The van der Waals surface area contributed by atoms with Crippen molar-refractivity contribution in [3.63, 3.8) is 0 Å². The Bertz CT molecular complexity index is 3570. The first kappa shape index (κ1) is 36.5. The number of benzene rings is 10. The van der Waals surface area contributed by atoms with Gasteiger partial charge in [-0.25, -0.2) is 0 Å². The summed E-state index contributed by atoms with van der Waals surface area (Å²) >= 11 is 0. The standard InChI is InChI=1S/C60H40N2O/c1-5-13-41(14-6-1)44-21-28-50(29-22-44)61(51-30-23-45(24-31-51)48-27-36-60-56(39-48)55-38-47(26-35-59(55)63-60)43-17-9-3-10-18-43)52-32-34-58-54(40-52)53-37-46(42-15-7-2-8-16-42)25-33-57(53)62(58)49-19-11-4-12-20-49/h1-40H. The summed E-state index contributed by atoms with van der Waals surface area (Å²) in [6.45, 7) is 0. The van der Waals surface area contributed by atoms with E-state index in [4.69, 9.17) is 4.42 Å². The first-order valence-electron chi connectivity index (χ1n) is 21.5. The number of aromatic nitrogens is 1. The summed E-state index contributed by atoms with van der Waals surface area (Å²) in [5.74, 6) is 0. The monoisotopic (exact) mass is 804 g/mol. The molecule has 12 aromatic rings. The van der Waals surface area contributed by atoms with Crippen LogP contribution in [0.3, 0.4) is 0 Å². The van der Waals surface area contributed by atoms with Crippen molar-refractivity contribution >= 4 is 60.8 Å². The van der Waals surface area contributed by atoms with Crippen molar-refractivity contribution < 1.29 is 4.42 Å². The van der Waals surface area contributed by atoms with Gasteiger partial charge < -0.3 is 13.9 Å². The molecule has 0 aliphatic rings. The third kappa shape index (κ3) is 6.55. The van der Waals surface area contributed by atoms with E-state index < -0.39 is 0 Å². The predicted molar refractivity (Wildman–Crippen MR) is 264 cm³/mol. The number of para-hydroxylation sites is 1.